The highest BCUT2D eigenvalue weighted by Gasteiger charge is 2.06. The van der Waals surface area contributed by atoms with Crippen LogP contribution in [0.3, 0.4) is 0 Å². The number of fused-ring (bicyclic) bond motifs is 1. The van der Waals surface area contributed by atoms with Gasteiger partial charge < -0.3 is 9.88 Å². The largest absolute Gasteiger partial charge is 0.379 e. The Kier molecular flexibility index (Phi) is 3.37. The highest BCUT2D eigenvalue weighted by Crippen LogP contribution is 2.23. The van der Waals surface area contributed by atoms with Crippen molar-refractivity contribution in [2.75, 3.05) is 5.32 Å². The number of anilines is 1. The van der Waals surface area contributed by atoms with Crippen LogP contribution in [0, 0.1) is 0 Å². The molecule has 3 aromatic rings. The van der Waals surface area contributed by atoms with Crippen LogP contribution in [0.4, 0.5) is 5.69 Å². The van der Waals surface area contributed by atoms with Gasteiger partial charge in [-0.25, -0.2) is 4.98 Å². The van der Waals surface area contributed by atoms with Gasteiger partial charge in [-0.3, -0.25) is 4.98 Å². The fourth-order valence-corrected chi connectivity index (χ4v) is 2.40. The molecule has 0 saturated carbocycles. The van der Waals surface area contributed by atoms with E-state index in [0.717, 1.165) is 17.6 Å². The molecule has 3 rings (SSSR count). The van der Waals surface area contributed by atoms with Gasteiger partial charge in [0.1, 0.15) is 0 Å². The van der Waals surface area contributed by atoms with Crippen molar-refractivity contribution in [1.82, 2.24) is 14.5 Å². The first kappa shape index (κ1) is 12.7. The van der Waals surface area contributed by atoms with Crippen molar-refractivity contribution in [3.63, 3.8) is 0 Å². The van der Waals surface area contributed by atoms with Gasteiger partial charge in [-0.05, 0) is 26.0 Å². The van der Waals surface area contributed by atoms with Crippen LogP contribution >= 0.6 is 0 Å². The van der Waals surface area contributed by atoms with E-state index in [1.165, 1.54) is 11.1 Å². The summed E-state index contributed by atoms with van der Waals surface area (Å²) in [6.45, 7) is 5.09. The number of rotatable bonds is 4. The Hall–Kier alpha value is -2.36. The quantitative estimate of drug-likeness (QED) is 0.784. The molecule has 0 spiro atoms. The third kappa shape index (κ3) is 2.37. The molecule has 20 heavy (non-hydrogen) atoms. The molecule has 0 unspecified atom stereocenters. The van der Waals surface area contributed by atoms with E-state index >= 15 is 0 Å². The van der Waals surface area contributed by atoms with Crippen molar-refractivity contribution in [3.8, 4) is 0 Å². The zero-order valence-electron chi connectivity index (χ0n) is 11.7. The topological polar surface area (TPSA) is 42.7 Å². The summed E-state index contributed by atoms with van der Waals surface area (Å²) in [6, 6.07) is 8.68. The highest BCUT2D eigenvalue weighted by molar-refractivity contribution is 5.93. The maximum atomic E-state index is 4.23. The fraction of sp³-hybridized carbons (Fsp3) is 0.250. The number of nitrogens with zero attached hydrogens (tertiary/aromatic N) is 3. The summed E-state index contributed by atoms with van der Waals surface area (Å²) < 4.78 is 2.18. The number of aromatic nitrogens is 3. The molecule has 102 valence electrons. The van der Waals surface area contributed by atoms with Gasteiger partial charge >= 0.3 is 0 Å². The Balaban J connectivity index is 1.85. The van der Waals surface area contributed by atoms with Crippen LogP contribution in [0.25, 0.3) is 10.8 Å². The van der Waals surface area contributed by atoms with Gasteiger partial charge in [0, 0.05) is 41.1 Å². The van der Waals surface area contributed by atoms with Crippen LogP contribution in [-0.4, -0.2) is 14.5 Å². The Morgan fingerprint density at radius 2 is 2.05 bits per heavy atom. The lowest BCUT2D eigenvalue weighted by Gasteiger charge is -2.14. The molecule has 2 aromatic heterocycles. The number of benzene rings is 1. The second-order valence-corrected chi connectivity index (χ2v) is 5.14. The molecule has 0 fully saturated rings. The third-order valence-corrected chi connectivity index (χ3v) is 3.44. The van der Waals surface area contributed by atoms with Gasteiger partial charge in [-0.2, -0.15) is 0 Å². The van der Waals surface area contributed by atoms with E-state index in [0.29, 0.717) is 6.04 Å². The molecule has 0 bridgehead atoms. The molecule has 0 radical (unpaired) electrons. The smallest absolute Gasteiger partial charge is 0.0951 e. The minimum atomic E-state index is 0.422. The predicted molar refractivity (Wildman–Crippen MR) is 81.7 cm³/mol. The van der Waals surface area contributed by atoms with Crippen LogP contribution in [0.15, 0.2) is 49.2 Å². The number of hydrogen-bond donors (Lipinski definition) is 1. The van der Waals surface area contributed by atoms with Gasteiger partial charge in [0.2, 0.25) is 0 Å². The maximum absolute atomic E-state index is 4.23. The first-order valence-corrected chi connectivity index (χ1v) is 6.83. The Bertz CT molecular complexity index is 710. The lowest BCUT2D eigenvalue weighted by Crippen LogP contribution is -2.08. The maximum Gasteiger partial charge on any atom is 0.0951 e. The zero-order chi connectivity index (χ0) is 13.9. The fourth-order valence-electron chi connectivity index (χ4n) is 2.40. The summed E-state index contributed by atoms with van der Waals surface area (Å²) in [6.07, 6.45) is 7.51. The minimum absolute atomic E-state index is 0.422. The van der Waals surface area contributed by atoms with Crippen molar-refractivity contribution >= 4 is 16.5 Å². The normalized spacial score (nSPS) is 11.2. The van der Waals surface area contributed by atoms with Crippen molar-refractivity contribution < 1.29 is 0 Å². The summed E-state index contributed by atoms with van der Waals surface area (Å²) >= 11 is 0. The summed E-state index contributed by atoms with van der Waals surface area (Å²) in [4.78, 5) is 8.39. The van der Waals surface area contributed by atoms with Gasteiger partial charge in [-0.1, -0.05) is 12.1 Å². The lowest BCUT2D eigenvalue weighted by atomic mass is 10.1. The first-order chi connectivity index (χ1) is 9.75. The van der Waals surface area contributed by atoms with Crippen molar-refractivity contribution in [3.05, 3.63) is 54.9 Å². The molecule has 4 nitrogen and oxygen atoms in total. The molecular weight excluding hydrogens is 248 g/mol. The van der Waals surface area contributed by atoms with Crippen LogP contribution in [-0.2, 0) is 6.54 Å². The first-order valence-electron chi connectivity index (χ1n) is 6.83. The number of hydrogen-bond acceptors (Lipinski definition) is 3. The van der Waals surface area contributed by atoms with Crippen LogP contribution < -0.4 is 5.32 Å². The van der Waals surface area contributed by atoms with E-state index in [4.69, 9.17) is 0 Å². The van der Waals surface area contributed by atoms with Crippen molar-refractivity contribution in [2.45, 2.75) is 26.4 Å². The molecule has 1 N–H and O–H groups in total. The Morgan fingerprint density at radius 3 is 2.90 bits per heavy atom. The molecule has 0 aliphatic carbocycles. The SMILES string of the molecule is CC(C)n1cncc1CNc1cccc2cnccc12. The van der Waals surface area contributed by atoms with E-state index in [1.54, 1.807) is 0 Å². The van der Waals surface area contributed by atoms with Crippen LogP contribution in [0.5, 0.6) is 0 Å². The summed E-state index contributed by atoms with van der Waals surface area (Å²) in [5.41, 5.74) is 2.31. The molecule has 1 aromatic carbocycles. The van der Waals surface area contributed by atoms with Gasteiger partial charge in [0.25, 0.3) is 0 Å². The van der Waals surface area contributed by atoms with Gasteiger partial charge in [0.05, 0.1) is 18.6 Å². The van der Waals surface area contributed by atoms with Gasteiger partial charge in [-0.15, -0.1) is 0 Å². The van der Waals surface area contributed by atoms with E-state index in [9.17, 15) is 0 Å². The molecule has 2 heterocycles. The van der Waals surface area contributed by atoms with Crippen molar-refractivity contribution in [1.29, 1.82) is 0 Å². The Labute approximate surface area is 118 Å². The average molecular weight is 266 g/mol. The number of nitrogens with one attached hydrogen (secondary N) is 1. The summed E-state index contributed by atoms with van der Waals surface area (Å²) in [7, 11) is 0. The second-order valence-electron chi connectivity index (χ2n) is 5.14. The molecule has 4 heteroatoms. The number of imidazole rings is 1. The van der Waals surface area contributed by atoms with E-state index in [2.05, 4.69) is 45.8 Å². The van der Waals surface area contributed by atoms with Crippen LogP contribution in [0.2, 0.25) is 0 Å². The van der Waals surface area contributed by atoms with E-state index in [-0.39, 0.29) is 0 Å². The second kappa shape index (κ2) is 5.33. The standard InChI is InChI=1S/C16H18N4/c1-12(2)20-11-18-9-14(20)10-19-16-5-3-4-13-8-17-7-6-15(13)16/h3-9,11-12,19H,10H2,1-2H3. The lowest BCUT2D eigenvalue weighted by molar-refractivity contribution is 0.577. The number of pyridine rings is 1. The molecular formula is C16H18N4. The summed E-state index contributed by atoms with van der Waals surface area (Å²) in [5.74, 6) is 0. The molecule has 0 amide bonds. The summed E-state index contributed by atoms with van der Waals surface area (Å²) in [5, 5.41) is 5.84. The predicted octanol–water partition coefficient (Wildman–Crippen LogP) is 3.62. The third-order valence-electron chi connectivity index (χ3n) is 3.44. The molecule has 0 saturated heterocycles. The monoisotopic (exact) mass is 266 g/mol. The van der Waals surface area contributed by atoms with Gasteiger partial charge in [0.15, 0.2) is 0 Å². The average Bonchev–Trinajstić information content (AvgIpc) is 2.93. The van der Waals surface area contributed by atoms with E-state index in [1.807, 2.05) is 37.1 Å². The van der Waals surface area contributed by atoms with Crippen LogP contribution in [0.1, 0.15) is 25.6 Å². The van der Waals surface area contributed by atoms with E-state index < -0.39 is 0 Å². The highest BCUT2D eigenvalue weighted by atomic mass is 15.1. The molecule has 0 aliphatic rings. The van der Waals surface area contributed by atoms with Crippen molar-refractivity contribution in [2.24, 2.45) is 0 Å². The minimum Gasteiger partial charge on any atom is -0.379 e. The molecule has 0 aliphatic heterocycles. The zero-order valence-corrected chi connectivity index (χ0v) is 11.7. The Morgan fingerprint density at radius 1 is 1.15 bits per heavy atom. The molecule has 0 atom stereocenters.